The summed E-state index contributed by atoms with van der Waals surface area (Å²) in [5.74, 6) is 1.38. The molecule has 17 heavy (non-hydrogen) atoms. The largest absolute Gasteiger partial charge is 0.507 e. The van der Waals surface area contributed by atoms with Crippen LogP contribution in [0.1, 0.15) is 50.9 Å². The smallest absolute Gasteiger partial charge is 0.342 e. The van der Waals surface area contributed by atoms with Gasteiger partial charge in [0.15, 0.2) is 0 Å². The Labute approximate surface area is 102 Å². The van der Waals surface area contributed by atoms with Crippen LogP contribution in [0.15, 0.2) is 15.3 Å². The molecule has 1 N–H and O–H groups in total. The highest BCUT2D eigenvalue weighted by molar-refractivity contribution is 5.28. The molecule has 1 heterocycles. The van der Waals surface area contributed by atoms with Crippen molar-refractivity contribution in [3.05, 3.63) is 27.8 Å². The number of rotatable bonds is 6. The molecule has 0 saturated heterocycles. The Morgan fingerprint density at radius 2 is 2.12 bits per heavy atom. The van der Waals surface area contributed by atoms with Gasteiger partial charge in [0.25, 0.3) is 0 Å². The zero-order valence-corrected chi connectivity index (χ0v) is 11.0. The highest BCUT2D eigenvalue weighted by Gasteiger charge is 2.06. The SMILES string of the molecule is CC[C@H](C)CCCCc1cc(O)c(C)c(=O)o1. The number of hydrogen-bond acceptors (Lipinski definition) is 3. The number of aromatic hydroxyl groups is 1. The van der Waals surface area contributed by atoms with Crippen molar-refractivity contribution in [1.29, 1.82) is 0 Å². The second-order valence-electron chi connectivity index (χ2n) is 4.77. The summed E-state index contributed by atoms with van der Waals surface area (Å²) in [6.45, 7) is 6.01. The van der Waals surface area contributed by atoms with Crippen molar-refractivity contribution in [3.8, 4) is 5.75 Å². The Morgan fingerprint density at radius 3 is 2.71 bits per heavy atom. The molecular weight excluding hydrogens is 216 g/mol. The molecule has 0 radical (unpaired) electrons. The molecule has 96 valence electrons. The van der Waals surface area contributed by atoms with Crippen LogP contribution in [-0.2, 0) is 6.42 Å². The van der Waals surface area contributed by atoms with E-state index in [1.807, 2.05) is 0 Å². The number of hydrogen-bond donors (Lipinski definition) is 1. The monoisotopic (exact) mass is 238 g/mol. The third kappa shape index (κ3) is 4.25. The van der Waals surface area contributed by atoms with Gasteiger partial charge in [-0.05, 0) is 19.3 Å². The van der Waals surface area contributed by atoms with E-state index < -0.39 is 5.63 Å². The van der Waals surface area contributed by atoms with Gasteiger partial charge in [0.2, 0.25) is 0 Å². The summed E-state index contributed by atoms with van der Waals surface area (Å²) >= 11 is 0. The third-order valence-corrected chi connectivity index (χ3v) is 3.28. The Balaban J connectivity index is 2.45. The van der Waals surface area contributed by atoms with Gasteiger partial charge in [-0.1, -0.05) is 33.1 Å². The van der Waals surface area contributed by atoms with E-state index in [1.54, 1.807) is 13.0 Å². The normalized spacial score (nSPS) is 12.6. The standard InChI is InChI=1S/C14H22O3/c1-4-10(2)7-5-6-8-12-9-13(15)11(3)14(16)17-12/h9-10,15H,4-8H2,1-3H3/t10-/m0/s1. The van der Waals surface area contributed by atoms with Crippen LogP contribution in [0.2, 0.25) is 0 Å². The fourth-order valence-electron chi connectivity index (χ4n) is 1.71. The summed E-state index contributed by atoms with van der Waals surface area (Å²) < 4.78 is 5.11. The lowest BCUT2D eigenvalue weighted by Crippen LogP contribution is -2.05. The maximum Gasteiger partial charge on any atom is 0.342 e. The molecule has 0 aliphatic carbocycles. The number of unbranched alkanes of at least 4 members (excludes halogenated alkanes) is 1. The van der Waals surface area contributed by atoms with Crippen LogP contribution in [0.5, 0.6) is 5.75 Å². The Bertz CT molecular complexity index is 406. The highest BCUT2D eigenvalue weighted by Crippen LogP contribution is 2.17. The summed E-state index contributed by atoms with van der Waals surface area (Å²) in [6.07, 6.45) is 5.27. The van der Waals surface area contributed by atoms with Crippen LogP contribution in [0.4, 0.5) is 0 Å². The second-order valence-corrected chi connectivity index (χ2v) is 4.77. The first-order chi connectivity index (χ1) is 8.04. The van der Waals surface area contributed by atoms with Crippen LogP contribution in [0, 0.1) is 12.8 Å². The van der Waals surface area contributed by atoms with Gasteiger partial charge in [-0.25, -0.2) is 4.79 Å². The minimum absolute atomic E-state index is 0.0400. The van der Waals surface area contributed by atoms with Gasteiger partial charge >= 0.3 is 5.63 Å². The molecule has 0 unspecified atom stereocenters. The van der Waals surface area contributed by atoms with Gasteiger partial charge in [0.05, 0.1) is 5.56 Å². The molecule has 0 aliphatic heterocycles. The first-order valence-electron chi connectivity index (χ1n) is 6.37. The lowest BCUT2D eigenvalue weighted by molar-refractivity contribution is 0.407. The first-order valence-corrected chi connectivity index (χ1v) is 6.37. The molecule has 0 fully saturated rings. The van der Waals surface area contributed by atoms with Crippen molar-refractivity contribution in [1.82, 2.24) is 0 Å². The fourth-order valence-corrected chi connectivity index (χ4v) is 1.71. The van der Waals surface area contributed by atoms with Gasteiger partial charge in [0, 0.05) is 12.5 Å². The molecule has 1 atom stereocenters. The fraction of sp³-hybridized carbons (Fsp3) is 0.643. The molecule has 0 aliphatic rings. The van der Waals surface area contributed by atoms with Gasteiger partial charge < -0.3 is 9.52 Å². The van der Waals surface area contributed by atoms with E-state index in [1.165, 1.54) is 12.8 Å². The van der Waals surface area contributed by atoms with E-state index in [-0.39, 0.29) is 11.3 Å². The maximum atomic E-state index is 11.3. The van der Waals surface area contributed by atoms with E-state index in [4.69, 9.17) is 4.42 Å². The minimum atomic E-state index is -0.429. The summed E-state index contributed by atoms with van der Waals surface area (Å²) in [7, 11) is 0. The molecule has 3 nitrogen and oxygen atoms in total. The van der Waals surface area contributed by atoms with Crippen LogP contribution >= 0.6 is 0 Å². The lowest BCUT2D eigenvalue weighted by atomic mass is 10.0. The van der Waals surface area contributed by atoms with Crippen molar-refractivity contribution in [2.45, 2.75) is 52.9 Å². The van der Waals surface area contributed by atoms with Crippen LogP contribution in [0.25, 0.3) is 0 Å². The van der Waals surface area contributed by atoms with Gasteiger partial charge in [0.1, 0.15) is 11.5 Å². The highest BCUT2D eigenvalue weighted by atomic mass is 16.4. The third-order valence-electron chi connectivity index (χ3n) is 3.28. The van der Waals surface area contributed by atoms with E-state index in [2.05, 4.69) is 13.8 Å². The molecule has 1 aromatic rings. The topological polar surface area (TPSA) is 50.4 Å². The van der Waals surface area contributed by atoms with Crippen molar-refractivity contribution in [3.63, 3.8) is 0 Å². The van der Waals surface area contributed by atoms with E-state index in [0.717, 1.165) is 25.2 Å². The van der Waals surface area contributed by atoms with Crippen LogP contribution in [-0.4, -0.2) is 5.11 Å². The predicted molar refractivity (Wildman–Crippen MR) is 68.4 cm³/mol. The van der Waals surface area contributed by atoms with Crippen LogP contribution in [0.3, 0.4) is 0 Å². The molecule has 1 aromatic heterocycles. The number of aryl methyl sites for hydroxylation is 1. The molecular formula is C14H22O3. The van der Waals surface area contributed by atoms with E-state index >= 15 is 0 Å². The molecule has 0 aromatic carbocycles. The van der Waals surface area contributed by atoms with Gasteiger partial charge in [-0.3, -0.25) is 0 Å². The molecule has 0 amide bonds. The summed E-state index contributed by atoms with van der Waals surface area (Å²) in [6, 6.07) is 1.56. The summed E-state index contributed by atoms with van der Waals surface area (Å²) in [5.41, 5.74) is -0.143. The molecule has 0 bridgehead atoms. The van der Waals surface area contributed by atoms with Crippen molar-refractivity contribution in [2.75, 3.05) is 0 Å². The molecule has 0 saturated carbocycles. The lowest BCUT2D eigenvalue weighted by Gasteiger charge is -2.07. The minimum Gasteiger partial charge on any atom is -0.507 e. The average molecular weight is 238 g/mol. The zero-order valence-electron chi connectivity index (χ0n) is 11.0. The van der Waals surface area contributed by atoms with E-state index in [0.29, 0.717) is 5.76 Å². The summed E-state index contributed by atoms with van der Waals surface area (Å²) in [4.78, 5) is 11.3. The van der Waals surface area contributed by atoms with Crippen molar-refractivity contribution >= 4 is 0 Å². The molecule has 3 heteroatoms. The molecule has 0 spiro atoms. The quantitative estimate of drug-likeness (QED) is 0.773. The Kier molecular flexibility index (Phi) is 5.26. The van der Waals surface area contributed by atoms with E-state index in [9.17, 15) is 9.90 Å². The summed E-state index contributed by atoms with van der Waals surface area (Å²) in [5, 5.41) is 9.50. The van der Waals surface area contributed by atoms with Crippen LogP contribution < -0.4 is 5.63 Å². The van der Waals surface area contributed by atoms with Crippen molar-refractivity contribution < 1.29 is 9.52 Å². The average Bonchev–Trinajstić information content (AvgIpc) is 2.31. The molecule has 1 rings (SSSR count). The Morgan fingerprint density at radius 1 is 1.41 bits per heavy atom. The first kappa shape index (κ1) is 13.8. The Hall–Kier alpha value is -1.25. The maximum absolute atomic E-state index is 11.3. The zero-order chi connectivity index (χ0) is 12.8. The second kappa shape index (κ2) is 6.48. The van der Waals surface area contributed by atoms with Gasteiger partial charge in [-0.2, -0.15) is 0 Å². The van der Waals surface area contributed by atoms with Gasteiger partial charge in [-0.15, -0.1) is 0 Å². The predicted octanol–water partition coefficient (Wildman–Crippen LogP) is 3.41. The van der Waals surface area contributed by atoms with Crippen molar-refractivity contribution in [2.24, 2.45) is 5.92 Å².